The number of nitrogens with zero attached hydrogens (tertiary/aromatic N) is 4. The summed E-state index contributed by atoms with van der Waals surface area (Å²) in [5, 5.41) is 15.7. The Bertz CT molecular complexity index is 1040. The molecule has 0 bridgehead atoms. The fourth-order valence-electron chi connectivity index (χ4n) is 2.51. The summed E-state index contributed by atoms with van der Waals surface area (Å²) >= 11 is 0. The number of nitrogens with one attached hydrogen (secondary N) is 1. The maximum absolute atomic E-state index is 12.7. The largest absolute Gasteiger partial charge is 0.491 e. The number of nitrogens with two attached hydrogens (primary N) is 1. The van der Waals surface area contributed by atoms with E-state index >= 15 is 0 Å². The topological polar surface area (TPSA) is 128 Å². The van der Waals surface area contributed by atoms with Gasteiger partial charge in [0.05, 0.1) is 6.10 Å². The van der Waals surface area contributed by atoms with E-state index in [1.54, 1.807) is 48.5 Å². The summed E-state index contributed by atoms with van der Waals surface area (Å²) in [5.41, 5.74) is 6.89. The summed E-state index contributed by atoms with van der Waals surface area (Å²) in [6, 6.07) is 15.5. The number of aromatic nitrogens is 3. The molecular formula is C20H20N6O3. The van der Waals surface area contributed by atoms with Gasteiger partial charge in [-0.05, 0) is 50.2 Å². The first-order chi connectivity index (χ1) is 14.0. The van der Waals surface area contributed by atoms with E-state index in [9.17, 15) is 4.79 Å². The minimum atomic E-state index is -0.412. The van der Waals surface area contributed by atoms with Crippen LogP contribution in [0, 0.1) is 11.3 Å². The molecule has 3 rings (SSSR count). The van der Waals surface area contributed by atoms with Gasteiger partial charge in [0, 0.05) is 17.3 Å². The maximum Gasteiger partial charge on any atom is 0.281 e. The molecule has 0 fully saturated rings. The number of hydrogen-bond acceptors (Lipinski definition) is 8. The molecule has 1 aromatic heterocycles. The summed E-state index contributed by atoms with van der Waals surface area (Å²) in [6.45, 7) is 3.79. The van der Waals surface area contributed by atoms with Gasteiger partial charge in [-0.3, -0.25) is 4.79 Å². The van der Waals surface area contributed by atoms with Gasteiger partial charge in [-0.15, -0.1) is 5.10 Å². The fraction of sp³-hybridized carbons (Fsp3) is 0.200. The first-order valence-electron chi connectivity index (χ1n) is 8.87. The van der Waals surface area contributed by atoms with Crippen LogP contribution in [0.3, 0.4) is 0 Å². The summed E-state index contributed by atoms with van der Waals surface area (Å²) in [6.07, 6.45) is 0.0416. The number of carbonyl (C=O) groups excluding carboxylic acids is 1. The molecule has 148 valence electrons. The average Bonchev–Trinajstić information content (AvgIpc) is 3.06. The Morgan fingerprint density at radius 2 is 2.00 bits per heavy atom. The fourth-order valence-corrected chi connectivity index (χ4v) is 2.51. The molecule has 1 heterocycles. The van der Waals surface area contributed by atoms with Crippen LogP contribution in [0.2, 0.25) is 0 Å². The Labute approximate surface area is 167 Å². The Morgan fingerprint density at radius 3 is 2.69 bits per heavy atom. The lowest BCUT2D eigenvalue weighted by Gasteiger charge is -2.09. The van der Waals surface area contributed by atoms with Crippen LogP contribution < -0.4 is 20.5 Å². The molecule has 0 saturated carbocycles. The van der Waals surface area contributed by atoms with Crippen molar-refractivity contribution in [2.75, 3.05) is 17.7 Å². The van der Waals surface area contributed by atoms with Crippen LogP contribution >= 0.6 is 0 Å². The molecule has 0 aliphatic rings. The summed E-state index contributed by atoms with van der Waals surface area (Å²) in [4.78, 5) is 16.8. The molecule has 0 amide bonds. The predicted octanol–water partition coefficient (Wildman–Crippen LogP) is 2.98. The zero-order valence-electron chi connectivity index (χ0n) is 16.0. The first kappa shape index (κ1) is 19.7. The van der Waals surface area contributed by atoms with Gasteiger partial charge in [0.1, 0.15) is 17.6 Å². The van der Waals surface area contributed by atoms with E-state index < -0.39 is 5.91 Å². The molecule has 29 heavy (non-hydrogen) atoms. The summed E-state index contributed by atoms with van der Waals surface area (Å²) in [7, 11) is 0. The molecule has 0 aliphatic heterocycles. The number of benzene rings is 2. The highest BCUT2D eigenvalue weighted by atomic mass is 16.5. The molecule has 9 heteroatoms. The third-order valence-corrected chi connectivity index (χ3v) is 3.69. The SMILES string of the molecule is CC(C)Oc1ccc(C(=O)n2nc(Nc3cccc(OCC#N)c3)nc2N)cc1. The number of anilines is 3. The zero-order chi connectivity index (χ0) is 20.8. The normalized spacial score (nSPS) is 10.4. The lowest BCUT2D eigenvalue weighted by molar-refractivity contribution is 0.0948. The molecule has 3 N–H and O–H groups in total. The first-order valence-corrected chi connectivity index (χ1v) is 8.87. The van der Waals surface area contributed by atoms with Gasteiger partial charge in [-0.1, -0.05) is 6.07 Å². The highest BCUT2D eigenvalue weighted by molar-refractivity contribution is 5.97. The second kappa shape index (κ2) is 8.75. The van der Waals surface area contributed by atoms with Crippen LogP contribution in [0.15, 0.2) is 48.5 Å². The molecule has 0 saturated heterocycles. The second-order valence-corrected chi connectivity index (χ2v) is 6.30. The van der Waals surface area contributed by atoms with Gasteiger partial charge in [0.25, 0.3) is 5.91 Å². The Hall–Kier alpha value is -4.06. The quantitative estimate of drug-likeness (QED) is 0.628. The number of carbonyl (C=O) groups is 1. The summed E-state index contributed by atoms with van der Waals surface area (Å²) < 4.78 is 11.9. The Balaban J connectivity index is 1.74. The van der Waals surface area contributed by atoms with Crippen molar-refractivity contribution in [3.05, 3.63) is 54.1 Å². The van der Waals surface area contributed by atoms with Crippen molar-refractivity contribution in [2.24, 2.45) is 0 Å². The van der Waals surface area contributed by atoms with E-state index in [1.807, 2.05) is 19.9 Å². The lowest BCUT2D eigenvalue weighted by Crippen LogP contribution is -2.16. The smallest absolute Gasteiger partial charge is 0.281 e. The number of hydrogen-bond donors (Lipinski definition) is 2. The molecule has 0 spiro atoms. The zero-order valence-corrected chi connectivity index (χ0v) is 16.0. The van der Waals surface area contributed by atoms with Crippen molar-refractivity contribution < 1.29 is 14.3 Å². The standard InChI is InChI=1S/C20H20N6O3/c1-13(2)29-16-8-6-14(7-9-16)18(27)26-19(22)24-20(25-26)23-15-4-3-5-17(12-15)28-11-10-21/h3-9,12-13H,11H2,1-2H3,(H3,22,23,24,25). The van der Waals surface area contributed by atoms with Gasteiger partial charge >= 0.3 is 0 Å². The lowest BCUT2D eigenvalue weighted by atomic mass is 10.2. The maximum atomic E-state index is 12.7. The molecule has 3 aromatic rings. The average molecular weight is 392 g/mol. The van der Waals surface area contributed by atoms with Crippen LogP contribution in [0.4, 0.5) is 17.6 Å². The van der Waals surface area contributed by atoms with E-state index in [4.69, 9.17) is 20.5 Å². The number of rotatable bonds is 7. The molecule has 0 atom stereocenters. The van der Waals surface area contributed by atoms with Crippen molar-refractivity contribution in [3.8, 4) is 17.6 Å². The van der Waals surface area contributed by atoms with Crippen molar-refractivity contribution >= 4 is 23.5 Å². The molecular weight excluding hydrogens is 372 g/mol. The van der Waals surface area contributed by atoms with Gasteiger partial charge in [-0.2, -0.15) is 14.9 Å². The predicted molar refractivity (Wildman–Crippen MR) is 107 cm³/mol. The van der Waals surface area contributed by atoms with Crippen LogP contribution in [-0.2, 0) is 0 Å². The molecule has 9 nitrogen and oxygen atoms in total. The Morgan fingerprint density at radius 1 is 1.24 bits per heavy atom. The van der Waals surface area contributed by atoms with Gasteiger partial charge in [-0.25, -0.2) is 0 Å². The van der Waals surface area contributed by atoms with Gasteiger partial charge in [0.2, 0.25) is 11.9 Å². The number of nitrogen functional groups attached to an aromatic ring is 1. The molecule has 0 radical (unpaired) electrons. The third kappa shape index (κ3) is 5.01. The van der Waals surface area contributed by atoms with Crippen LogP contribution in [0.25, 0.3) is 0 Å². The van der Waals surface area contributed by atoms with E-state index in [2.05, 4.69) is 15.4 Å². The minimum absolute atomic E-state index is 0.0416. The summed E-state index contributed by atoms with van der Waals surface area (Å²) in [5.74, 6) is 0.892. The van der Waals surface area contributed by atoms with E-state index in [0.717, 1.165) is 4.68 Å². The van der Waals surface area contributed by atoms with E-state index in [0.29, 0.717) is 22.7 Å². The van der Waals surface area contributed by atoms with E-state index in [-0.39, 0.29) is 24.6 Å². The van der Waals surface area contributed by atoms with E-state index in [1.165, 1.54) is 0 Å². The van der Waals surface area contributed by atoms with Crippen molar-refractivity contribution in [3.63, 3.8) is 0 Å². The van der Waals surface area contributed by atoms with Crippen molar-refractivity contribution in [2.45, 2.75) is 20.0 Å². The molecule has 2 aromatic carbocycles. The molecule has 0 unspecified atom stereocenters. The minimum Gasteiger partial charge on any atom is -0.491 e. The molecule has 0 aliphatic carbocycles. The van der Waals surface area contributed by atoms with Crippen LogP contribution in [0.5, 0.6) is 11.5 Å². The third-order valence-electron chi connectivity index (χ3n) is 3.69. The second-order valence-electron chi connectivity index (χ2n) is 6.30. The highest BCUT2D eigenvalue weighted by Gasteiger charge is 2.16. The van der Waals surface area contributed by atoms with Crippen molar-refractivity contribution in [1.29, 1.82) is 5.26 Å². The van der Waals surface area contributed by atoms with Crippen LogP contribution in [-0.4, -0.2) is 33.4 Å². The number of nitriles is 1. The van der Waals surface area contributed by atoms with Crippen molar-refractivity contribution in [1.82, 2.24) is 14.8 Å². The highest BCUT2D eigenvalue weighted by Crippen LogP contribution is 2.21. The van der Waals surface area contributed by atoms with Gasteiger partial charge < -0.3 is 20.5 Å². The van der Waals surface area contributed by atoms with Crippen LogP contribution in [0.1, 0.15) is 24.2 Å². The van der Waals surface area contributed by atoms with Gasteiger partial charge in [0.15, 0.2) is 6.61 Å². The number of ether oxygens (including phenoxy) is 2. The Kier molecular flexibility index (Phi) is 5.94. The monoisotopic (exact) mass is 392 g/mol.